The Morgan fingerprint density at radius 1 is 1.10 bits per heavy atom. The van der Waals surface area contributed by atoms with Gasteiger partial charge >= 0.3 is 0 Å². The molecular weight excluding hydrogens is 388 g/mol. The van der Waals surface area contributed by atoms with E-state index in [9.17, 15) is 9.90 Å². The van der Waals surface area contributed by atoms with Crippen molar-refractivity contribution in [2.45, 2.75) is 33.4 Å². The van der Waals surface area contributed by atoms with E-state index >= 15 is 0 Å². The maximum atomic E-state index is 13.4. The Kier molecular flexibility index (Phi) is 6.09. The van der Waals surface area contributed by atoms with Crippen LogP contribution in [0.4, 0.5) is 5.82 Å². The molecular formula is C25H32N4O2+2. The van der Waals surface area contributed by atoms with Crippen LogP contribution in [0.1, 0.15) is 35.3 Å². The molecule has 0 radical (unpaired) electrons. The zero-order valence-electron chi connectivity index (χ0n) is 18.6. The highest BCUT2D eigenvalue weighted by Gasteiger charge is 2.36. The summed E-state index contributed by atoms with van der Waals surface area (Å²) in [6.07, 6.45) is 1.95. The third kappa shape index (κ3) is 4.21. The van der Waals surface area contributed by atoms with Gasteiger partial charge in [0, 0.05) is 23.9 Å². The van der Waals surface area contributed by atoms with Gasteiger partial charge in [-0.3, -0.25) is 9.69 Å². The fraction of sp³-hybridized carbons (Fsp3) is 0.360. The zero-order valence-corrected chi connectivity index (χ0v) is 18.6. The molecule has 3 N–H and O–H groups in total. The summed E-state index contributed by atoms with van der Waals surface area (Å²) in [5, 5.41) is 10.9. The highest BCUT2D eigenvalue weighted by atomic mass is 16.3. The number of H-pyrrole nitrogens is 1. The lowest BCUT2D eigenvalue weighted by Crippen LogP contribution is -3.15. The van der Waals surface area contributed by atoms with Crippen molar-refractivity contribution >= 4 is 5.82 Å². The molecule has 1 fully saturated rings. The van der Waals surface area contributed by atoms with Gasteiger partial charge in [0.25, 0.3) is 11.4 Å². The number of nitrogens with zero attached hydrogens (tertiary/aromatic N) is 2. The van der Waals surface area contributed by atoms with Crippen LogP contribution in [0.5, 0.6) is 5.75 Å². The first-order chi connectivity index (χ1) is 15.0. The Bertz CT molecular complexity index is 1090. The van der Waals surface area contributed by atoms with Gasteiger partial charge in [-0.15, -0.1) is 0 Å². The molecule has 6 nitrogen and oxygen atoms in total. The number of aromatic amines is 1. The number of aryl methyl sites for hydroxylation is 2. The minimum absolute atomic E-state index is 0.0862. The minimum Gasteiger partial charge on any atom is -0.507 e. The average molecular weight is 421 g/mol. The Morgan fingerprint density at radius 2 is 1.81 bits per heavy atom. The molecule has 1 aliphatic rings. The summed E-state index contributed by atoms with van der Waals surface area (Å²) < 4.78 is 1.75. The van der Waals surface area contributed by atoms with Crippen LogP contribution in [0.2, 0.25) is 0 Å². The number of aromatic nitrogens is 2. The van der Waals surface area contributed by atoms with Gasteiger partial charge in [-0.25, -0.2) is 4.98 Å². The van der Waals surface area contributed by atoms with E-state index in [1.165, 1.54) is 10.5 Å². The van der Waals surface area contributed by atoms with Crippen molar-refractivity contribution in [3.63, 3.8) is 0 Å². The molecule has 4 rings (SSSR count). The predicted octanol–water partition coefficient (Wildman–Crippen LogP) is 1.50. The van der Waals surface area contributed by atoms with E-state index in [1.54, 1.807) is 10.6 Å². The Labute approximate surface area is 183 Å². The molecule has 3 heterocycles. The van der Waals surface area contributed by atoms with Crippen LogP contribution in [-0.4, -0.2) is 35.9 Å². The third-order valence-electron chi connectivity index (χ3n) is 6.39. The lowest BCUT2D eigenvalue weighted by molar-refractivity contribution is -0.926. The molecule has 0 spiro atoms. The number of piperazine rings is 1. The monoisotopic (exact) mass is 420 g/mol. The van der Waals surface area contributed by atoms with Gasteiger partial charge in [-0.05, 0) is 32.9 Å². The molecule has 1 saturated heterocycles. The molecule has 0 bridgehead atoms. The second-order valence-electron chi connectivity index (χ2n) is 8.37. The van der Waals surface area contributed by atoms with Crippen LogP contribution in [-0.2, 0) is 6.54 Å². The van der Waals surface area contributed by atoms with Crippen molar-refractivity contribution in [3.05, 3.63) is 87.5 Å². The lowest BCUT2D eigenvalue weighted by atomic mass is 9.95. The quantitative estimate of drug-likeness (QED) is 0.658. The van der Waals surface area contributed by atoms with Crippen LogP contribution >= 0.6 is 0 Å². The second-order valence-corrected chi connectivity index (χ2v) is 8.37. The average Bonchev–Trinajstić information content (AvgIpc) is 2.78. The van der Waals surface area contributed by atoms with E-state index in [0.29, 0.717) is 12.1 Å². The van der Waals surface area contributed by atoms with Crippen LogP contribution in [0.25, 0.3) is 0 Å². The van der Waals surface area contributed by atoms with Crippen molar-refractivity contribution < 1.29 is 15.0 Å². The number of anilines is 1. The molecule has 0 unspecified atom stereocenters. The number of pyridine rings is 2. The Morgan fingerprint density at radius 3 is 2.42 bits per heavy atom. The Balaban J connectivity index is 1.72. The first-order valence-corrected chi connectivity index (χ1v) is 11.1. The fourth-order valence-electron chi connectivity index (χ4n) is 4.70. The van der Waals surface area contributed by atoms with E-state index in [-0.39, 0.29) is 17.4 Å². The summed E-state index contributed by atoms with van der Waals surface area (Å²) in [5.74, 6) is 1.21. The van der Waals surface area contributed by atoms with Gasteiger partial charge in [0.05, 0.1) is 6.20 Å². The maximum Gasteiger partial charge on any atom is 0.274 e. The molecule has 1 aromatic carbocycles. The summed E-state index contributed by atoms with van der Waals surface area (Å²) in [5.41, 5.74) is 3.46. The molecule has 31 heavy (non-hydrogen) atoms. The highest BCUT2D eigenvalue weighted by Crippen LogP contribution is 2.26. The van der Waals surface area contributed by atoms with Gasteiger partial charge in [0.1, 0.15) is 43.5 Å². The minimum atomic E-state index is -0.201. The molecule has 0 amide bonds. The summed E-state index contributed by atoms with van der Waals surface area (Å²) in [7, 11) is 0. The fourth-order valence-corrected chi connectivity index (χ4v) is 4.70. The maximum absolute atomic E-state index is 13.4. The van der Waals surface area contributed by atoms with E-state index in [2.05, 4.69) is 47.1 Å². The molecule has 162 valence electrons. The van der Waals surface area contributed by atoms with Crippen LogP contribution < -0.4 is 20.3 Å². The van der Waals surface area contributed by atoms with Crippen LogP contribution in [0.15, 0.2) is 59.5 Å². The highest BCUT2D eigenvalue weighted by molar-refractivity contribution is 5.40. The van der Waals surface area contributed by atoms with E-state index in [0.717, 1.165) is 43.3 Å². The Hall–Kier alpha value is -3.12. The van der Waals surface area contributed by atoms with Gasteiger partial charge in [0.2, 0.25) is 0 Å². The van der Waals surface area contributed by atoms with Crippen molar-refractivity contribution in [1.82, 2.24) is 4.57 Å². The molecule has 6 heteroatoms. The van der Waals surface area contributed by atoms with Crippen molar-refractivity contribution in [2.75, 3.05) is 31.1 Å². The van der Waals surface area contributed by atoms with Crippen molar-refractivity contribution in [2.24, 2.45) is 0 Å². The summed E-state index contributed by atoms with van der Waals surface area (Å²) >= 11 is 0. The third-order valence-corrected chi connectivity index (χ3v) is 6.39. The van der Waals surface area contributed by atoms with E-state index in [4.69, 9.17) is 0 Å². The van der Waals surface area contributed by atoms with Gasteiger partial charge < -0.3 is 14.6 Å². The van der Waals surface area contributed by atoms with Crippen molar-refractivity contribution in [3.8, 4) is 5.75 Å². The number of hydrogen-bond donors (Lipinski definition) is 2. The summed E-state index contributed by atoms with van der Waals surface area (Å²) in [6.45, 7) is 10.0. The SMILES string of the molecule is CCn1c(C)cc(O)c([C@H](c2ccc(C)cc2)[NH+]2CCN(c3cccc[nH+]3)CC2)c1=O. The second kappa shape index (κ2) is 8.94. The predicted molar refractivity (Wildman–Crippen MR) is 122 cm³/mol. The van der Waals surface area contributed by atoms with E-state index in [1.807, 2.05) is 32.2 Å². The zero-order chi connectivity index (χ0) is 22.0. The number of aromatic hydroxyl groups is 1. The smallest absolute Gasteiger partial charge is 0.274 e. The van der Waals surface area contributed by atoms with Gasteiger partial charge in [-0.2, -0.15) is 0 Å². The number of nitrogens with one attached hydrogen (secondary N) is 2. The van der Waals surface area contributed by atoms with Gasteiger partial charge in [-0.1, -0.05) is 35.9 Å². The van der Waals surface area contributed by atoms with Gasteiger partial charge in [0.15, 0.2) is 0 Å². The number of benzene rings is 1. The number of hydrogen-bond acceptors (Lipinski definition) is 3. The first kappa shape index (κ1) is 21.1. The summed E-state index contributed by atoms with van der Waals surface area (Å²) in [6, 6.07) is 16.0. The largest absolute Gasteiger partial charge is 0.507 e. The molecule has 1 aliphatic heterocycles. The van der Waals surface area contributed by atoms with Crippen LogP contribution in [0.3, 0.4) is 0 Å². The standard InChI is InChI=1S/C25H30N4O2/c1-4-29-19(3)17-21(30)23(25(29)31)24(20-10-8-18(2)9-11-20)28-15-13-27(14-16-28)22-7-5-6-12-26-22/h5-12,17,24,30H,4,13-16H2,1-3H3/p+2/t24-/m0/s1. The molecule has 0 aliphatic carbocycles. The molecule has 2 aromatic heterocycles. The van der Waals surface area contributed by atoms with Crippen LogP contribution in [0, 0.1) is 13.8 Å². The topological polar surface area (TPSA) is 64.1 Å². The molecule has 0 saturated carbocycles. The number of quaternary nitrogens is 1. The van der Waals surface area contributed by atoms with E-state index < -0.39 is 0 Å². The molecule has 1 atom stereocenters. The lowest BCUT2D eigenvalue weighted by Gasteiger charge is -2.34. The summed E-state index contributed by atoms with van der Waals surface area (Å²) in [4.78, 5) is 20.4. The molecule has 3 aromatic rings. The normalized spacial score (nSPS) is 15.8. The number of rotatable bonds is 5. The van der Waals surface area contributed by atoms with Crippen molar-refractivity contribution in [1.29, 1.82) is 0 Å². The first-order valence-electron chi connectivity index (χ1n) is 11.1.